The Morgan fingerprint density at radius 3 is 3.04 bits per heavy atom. The Morgan fingerprint density at radius 2 is 2.16 bits per heavy atom. The van der Waals surface area contributed by atoms with Gasteiger partial charge in [0.25, 0.3) is 5.91 Å². The van der Waals surface area contributed by atoms with Gasteiger partial charge in [0, 0.05) is 18.1 Å². The summed E-state index contributed by atoms with van der Waals surface area (Å²) in [6, 6.07) is 7.68. The fourth-order valence-corrected chi connectivity index (χ4v) is 3.98. The molecule has 1 aromatic carbocycles. The molecule has 1 fully saturated rings. The third-order valence-corrected chi connectivity index (χ3v) is 5.28. The second kappa shape index (κ2) is 7.14. The van der Waals surface area contributed by atoms with Crippen molar-refractivity contribution >= 4 is 28.1 Å². The van der Waals surface area contributed by atoms with Gasteiger partial charge in [0.15, 0.2) is 6.61 Å². The quantitative estimate of drug-likeness (QED) is 0.719. The summed E-state index contributed by atoms with van der Waals surface area (Å²) in [5.41, 5.74) is 0.804. The van der Waals surface area contributed by atoms with Crippen molar-refractivity contribution in [1.29, 1.82) is 0 Å². The van der Waals surface area contributed by atoms with Crippen LogP contribution in [0.1, 0.15) is 30.3 Å². The third-order valence-electron chi connectivity index (χ3n) is 4.40. The van der Waals surface area contributed by atoms with Crippen molar-refractivity contribution in [3.05, 3.63) is 47.2 Å². The van der Waals surface area contributed by atoms with Gasteiger partial charge in [-0.05, 0) is 31.4 Å². The number of thiazole rings is 1. The molecule has 4 rings (SSSR count). The number of ether oxygens (including phenoxy) is 1. The summed E-state index contributed by atoms with van der Waals surface area (Å²) < 4.78 is 5.74. The van der Waals surface area contributed by atoms with E-state index in [1.165, 1.54) is 6.33 Å². The number of carbonyl (C=O) groups is 1. The lowest BCUT2D eigenvalue weighted by Gasteiger charge is -2.34. The molecule has 0 spiro atoms. The fraction of sp³-hybridized carbons (Fsp3) is 0.333. The first kappa shape index (κ1) is 16.0. The Morgan fingerprint density at radius 1 is 1.24 bits per heavy atom. The second-order valence-corrected chi connectivity index (χ2v) is 6.88. The Bertz CT molecular complexity index is 863. The number of carbonyl (C=O) groups excluding carboxylic acids is 1. The number of rotatable bonds is 4. The van der Waals surface area contributed by atoms with Crippen molar-refractivity contribution in [3.63, 3.8) is 0 Å². The highest BCUT2D eigenvalue weighted by Crippen LogP contribution is 2.32. The lowest BCUT2D eigenvalue weighted by Crippen LogP contribution is -2.41. The highest BCUT2D eigenvalue weighted by molar-refractivity contribution is 7.09. The SMILES string of the molecule is O=C(COc1ncnc2ccccc12)N1CCCCC1c1nccs1. The van der Waals surface area contributed by atoms with E-state index in [2.05, 4.69) is 15.0 Å². The molecule has 7 heteroatoms. The first-order valence-corrected chi connectivity index (χ1v) is 9.22. The van der Waals surface area contributed by atoms with Gasteiger partial charge in [-0.1, -0.05) is 12.1 Å². The monoisotopic (exact) mass is 354 g/mol. The first-order valence-electron chi connectivity index (χ1n) is 8.34. The van der Waals surface area contributed by atoms with Crippen LogP contribution in [0.4, 0.5) is 0 Å². The molecule has 128 valence electrons. The molecule has 0 N–H and O–H groups in total. The van der Waals surface area contributed by atoms with E-state index < -0.39 is 0 Å². The van der Waals surface area contributed by atoms with Crippen LogP contribution in [0.3, 0.4) is 0 Å². The molecule has 0 saturated carbocycles. The summed E-state index contributed by atoms with van der Waals surface area (Å²) in [5, 5.41) is 3.77. The lowest BCUT2D eigenvalue weighted by molar-refractivity contribution is -0.137. The number of benzene rings is 1. The van der Waals surface area contributed by atoms with E-state index in [0.29, 0.717) is 5.88 Å². The Kier molecular flexibility index (Phi) is 4.56. The molecule has 1 saturated heterocycles. The van der Waals surface area contributed by atoms with Crippen LogP contribution in [-0.2, 0) is 4.79 Å². The van der Waals surface area contributed by atoms with Crippen molar-refractivity contribution in [2.45, 2.75) is 25.3 Å². The molecule has 6 nitrogen and oxygen atoms in total. The predicted molar refractivity (Wildman–Crippen MR) is 95.5 cm³/mol. The molecule has 1 amide bonds. The van der Waals surface area contributed by atoms with Crippen LogP contribution in [0.2, 0.25) is 0 Å². The summed E-state index contributed by atoms with van der Waals surface area (Å²) >= 11 is 1.60. The minimum absolute atomic E-state index is 0.0249. The van der Waals surface area contributed by atoms with Crippen molar-refractivity contribution in [3.8, 4) is 5.88 Å². The highest BCUT2D eigenvalue weighted by Gasteiger charge is 2.29. The maximum atomic E-state index is 12.7. The summed E-state index contributed by atoms with van der Waals surface area (Å²) in [5.74, 6) is 0.421. The first-order chi connectivity index (χ1) is 12.3. The minimum atomic E-state index is -0.0254. The predicted octanol–water partition coefficient (Wildman–Crippen LogP) is 3.22. The summed E-state index contributed by atoms with van der Waals surface area (Å²) in [7, 11) is 0. The molecule has 1 aliphatic rings. The molecule has 3 heterocycles. The van der Waals surface area contributed by atoms with Gasteiger partial charge < -0.3 is 9.64 Å². The van der Waals surface area contributed by atoms with E-state index in [1.807, 2.05) is 34.5 Å². The number of piperidine rings is 1. The normalized spacial score (nSPS) is 17.6. The highest BCUT2D eigenvalue weighted by atomic mass is 32.1. The fourth-order valence-electron chi connectivity index (χ4n) is 3.19. The number of hydrogen-bond donors (Lipinski definition) is 0. The molecule has 1 aliphatic heterocycles. The zero-order chi connectivity index (χ0) is 17.1. The topological polar surface area (TPSA) is 68.2 Å². The summed E-state index contributed by atoms with van der Waals surface area (Å²) in [6.07, 6.45) is 6.34. The molecule has 0 radical (unpaired) electrons. The molecule has 0 aliphatic carbocycles. The molecule has 2 aromatic heterocycles. The van der Waals surface area contributed by atoms with Crippen molar-refractivity contribution in [2.75, 3.05) is 13.2 Å². The standard InChI is InChI=1S/C18H18N4O2S/c23-16(22-9-4-3-7-15(22)18-19-8-10-25-18)11-24-17-13-5-1-2-6-14(13)20-12-21-17/h1-2,5-6,8,10,12,15H,3-4,7,9,11H2. The maximum absolute atomic E-state index is 12.7. The van der Waals surface area contributed by atoms with Gasteiger partial charge >= 0.3 is 0 Å². The minimum Gasteiger partial charge on any atom is -0.467 e. The van der Waals surface area contributed by atoms with Gasteiger partial charge in [-0.2, -0.15) is 0 Å². The van der Waals surface area contributed by atoms with E-state index in [1.54, 1.807) is 17.5 Å². The van der Waals surface area contributed by atoms with Crippen LogP contribution < -0.4 is 4.74 Å². The van der Waals surface area contributed by atoms with E-state index in [-0.39, 0.29) is 18.6 Å². The van der Waals surface area contributed by atoms with Crippen LogP contribution in [0.25, 0.3) is 10.9 Å². The van der Waals surface area contributed by atoms with E-state index in [9.17, 15) is 4.79 Å². The molecule has 0 bridgehead atoms. The number of nitrogens with zero attached hydrogens (tertiary/aromatic N) is 4. The molecular formula is C18H18N4O2S. The third kappa shape index (κ3) is 3.32. The van der Waals surface area contributed by atoms with Gasteiger partial charge in [-0.3, -0.25) is 4.79 Å². The number of hydrogen-bond acceptors (Lipinski definition) is 6. The van der Waals surface area contributed by atoms with Gasteiger partial charge in [0.05, 0.1) is 16.9 Å². The largest absolute Gasteiger partial charge is 0.467 e. The Labute approximate surface area is 149 Å². The van der Waals surface area contributed by atoms with Crippen LogP contribution in [0.5, 0.6) is 5.88 Å². The smallest absolute Gasteiger partial charge is 0.261 e. The molecule has 1 atom stereocenters. The Balaban J connectivity index is 1.49. The average molecular weight is 354 g/mol. The average Bonchev–Trinajstić information content (AvgIpc) is 3.21. The van der Waals surface area contributed by atoms with Crippen LogP contribution in [0, 0.1) is 0 Å². The van der Waals surface area contributed by atoms with E-state index in [0.717, 1.165) is 41.7 Å². The van der Waals surface area contributed by atoms with Crippen LogP contribution >= 0.6 is 11.3 Å². The maximum Gasteiger partial charge on any atom is 0.261 e. The number of aromatic nitrogens is 3. The zero-order valence-electron chi connectivity index (χ0n) is 13.7. The molecule has 3 aromatic rings. The number of amides is 1. The van der Waals surface area contributed by atoms with Crippen molar-refractivity contribution in [1.82, 2.24) is 19.9 Å². The zero-order valence-corrected chi connectivity index (χ0v) is 14.5. The van der Waals surface area contributed by atoms with Gasteiger partial charge in [-0.25, -0.2) is 15.0 Å². The summed E-state index contributed by atoms with van der Waals surface area (Å²) in [4.78, 5) is 27.4. The number of likely N-dealkylation sites (tertiary alicyclic amines) is 1. The van der Waals surface area contributed by atoms with Gasteiger partial charge in [0.2, 0.25) is 5.88 Å². The van der Waals surface area contributed by atoms with Crippen LogP contribution in [-0.4, -0.2) is 38.9 Å². The molecule has 25 heavy (non-hydrogen) atoms. The van der Waals surface area contributed by atoms with Crippen LogP contribution in [0.15, 0.2) is 42.2 Å². The number of para-hydroxylation sites is 1. The van der Waals surface area contributed by atoms with Crippen molar-refractivity contribution in [2.24, 2.45) is 0 Å². The van der Waals surface area contributed by atoms with Gasteiger partial charge in [0.1, 0.15) is 11.3 Å². The molecule has 1 unspecified atom stereocenters. The number of fused-ring (bicyclic) bond motifs is 1. The van der Waals surface area contributed by atoms with E-state index in [4.69, 9.17) is 4.74 Å². The Hall–Kier alpha value is -2.54. The molecular weight excluding hydrogens is 336 g/mol. The van der Waals surface area contributed by atoms with Crippen molar-refractivity contribution < 1.29 is 9.53 Å². The van der Waals surface area contributed by atoms with E-state index >= 15 is 0 Å². The summed E-state index contributed by atoms with van der Waals surface area (Å²) in [6.45, 7) is 0.722. The lowest BCUT2D eigenvalue weighted by atomic mass is 10.0. The second-order valence-electron chi connectivity index (χ2n) is 5.95. The van der Waals surface area contributed by atoms with Gasteiger partial charge in [-0.15, -0.1) is 11.3 Å².